The van der Waals surface area contributed by atoms with Gasteiger partial charge in [-0.05, 0) is 61.0 Å². The molecule has 1 aliphatic rings. The Bertz CT molecular complexity index is 1390. The van der Waals surface area contributed by atoms with Gasteiger partial charge in [-0.25, -0.2) is 8.70 Å². The minimum atomic E-state index is -0.832. The number of halogens is 2. The summed E-state index contributed by atoms with van der Waals surface area (Å²) in [6, 6.07) is 16.7. The van der Waals surface area contributed by atoms with Gasteiger partial charge in [0.15, 0.2) is 0 Å². The topological polar surface area (TPSA) is 110 Å². The van der Waals surface area contributed by atoms with Gasteiger partial charge in [-0.3, -0.25) is 9.59 Å². The van der Waals surface area contributed by atoms with Crippen molar-refractivity contribution in [2.75, 3.05) is 20.7 Å². The van der Waals surface area contributed by atoms with Gasteiger partial charge in [-0.15, -0.1) is 3.89 Å². The largest absolute Gasteiger partial charge is 0.493 e. The first kappa shape index (κ1) is 31.4. The van der Waals surface area contributed by atoms with Crippen LogP contribution in [0.5, 0.6) is 5.75 Å². The van der Waals surface area contributed by atoms with Gasteiger partial charge in [0.2, 0.25) is 0 Å². The van der Waals surface area contributed by atoms with Crippen molar-refractivity contribution in [1.82, 2.24) is 9.21 Å². The highest BCUT2D eigenvalue weighted by Crippen LogP contribution is 2.34. The molecule has 8 nitrogen and oxygen atoms in total. The molecule has 4 rings (SSSR count). The Morgan fingerprint density at radius 2 is 1.80 bits per heavy atom. The number of benzene rings is 3. The van der Waals surface area contributed by atoms with E-state index in [1.54, 1.807) is 20.2 Å². The molecule has 0 saturated carbocycles. The summed E-state index contributed by atoms with van der Waals surface area (Å²) in [7, 11) is 3.29. The van der Waals surface area contributed by atoms with E-state index in [1.165, 1.54) is 21.3 Å². The number of carbonyl (C=O) groups is 4. The van der Waals surface area contributed by atoms with Crippen molar-refractivity contribution in [1.29, 1.82) is 0 Å². The van der Waals surface area contributed by atoms with E-state index in [1.807, 2.05) is 36.4 Å². The molecule has 1 atom stereocenters. The Morgan fingerprint density at radius 3 is 2.39 bits per heavy atom. The van der Waals surface area contributed by atoms with Crippen LogP contribution >= 0.6 is 12.3 Å². The van der Waals surface area contributed by atoms with Gasteiger partial charge in [-0.2, -0.15) is 0 Å². The maximum Gasteiger partial charge on any atom is 0.255 e. The molecule has 1 aliphatic heterocycles. The molecule has 11 heteroatoms. The van der Waals surface area contributed by atoms with Gasteiger partial charge >= 0.3 is 0 Å². The summed E-state index contributed by atoms with van der Waals surface area (Å²) in [5.41, 5.74) is 9.21. The summed E-state index contributed by atoms with van der Waals surface area (Å²) >= 11 is 0.213. The zero-order chi connectivity index (χ0) is 29.9. The second kappa shape index (κ2) is 15.1. The first-order chi connectivity index (χ1) is 19.7. The second-order valence-corrected chi connectivity index (χ2v) is 10.3. The average molecular weight is 584 g/mol. The number of primary amides is 1. The standard InChI is InChI=1S/C28H25FN2O5.C2H6FNS/c29-26-15-21(10-11-24(26)27(30)34)36-14-12-18-6-8-19(9-7-18)22-4-1-5-23-25(22)16-31(28(23)35)20(17-33)3-2-13-32;1-4(2)5-3/h1,4-11,13,15,17,20H,2-3,12,14,16H2,(H2,30,34);1-2H3. The molecule has 1 heterocycles. The first-order valence-corrected chi connectivity index (χ1v) is 13.5. The Hall–Kier alpha value is -4.09. The van der Waals surface area contributed by atoms with Crippen molar-refractivity contribution in [2.45, 2.75) is 31.8 Å². The van der Waals surface area contributed by atoms with E-state index in [9.17, 15) is 27.5 Å². The van der Waals surface area contributed by atoms with Gasteiger partial charge in [0, 0.05) is 31.0 Å². The number of fused-ring (bicyclic) bond motifs is 1. The highest BCUT2D eigenvalue weighted by Gasteiger charge is 2.33. The number of aldehydes is 2. The summed E-state index contributed by atoms with van der Waals surface area (Å²) in [5.74, 6) is -1.45. The van der Waals surface area contributed by atoms with E-state index in [4.69, 9.17) is 10.5 Å². The van der Waals surface area contributed by atoms with Crippen LogP contribution in [0.25, 0.3) is 11.1 Å². The van der Waals surface area contributed by atoms with Crippen LogP contribution in [0, 0.1) is 5.82 Å². The third kappa shape index (κ3) is 8.21. The average Bonchev–Trinajstić information content (AvgIpc) is 3.30. The Labute approximate surface area is 241 Å². The van der Waals surface area contributed by atoms with Crippen LogP contribution in [0.15, 0.2) is 60.7 Å². The lowest BCUT2D eigenvalue weighted by Gasteiger charge is -2.22. The number of hydrogen-bond acceptors (Lipinski definition) is 7. The molecule has 0 saturated heterocycles. The molecule has 0 aliphatic carbocycles. The van der Waals surface area contributed by atoms with Crippen LogP contribution in [0.4, 0.5) is 8.28 Å². The molecule has 216 valence electrons. The minimum Gasteiger partial charge on any atom is -0.493 e. The highest BCUT2D eigenvalue weighted by molar-refractivity contribution is 7.91. The minimum absolute atomic E-state index is 0.183. The molecular formula is C30H31F2N3O5S. The lowest BCUT2D eigenvalue weighted by molar-refractivity contribution is -0.112. The van der Waals surface area contributed by atoms with E-state index < -0.39 is 17.8 Å². The maximum absolute atomic E-state index is 13.9. The van der Waals surface area contributed by atoms with Gasteiger partial charge in [0.1, 0.15) is 36.5 Å². The third-order valence-electron chi connectivity index (χ3n) is 6.40. The fourth-order valence-corrected chi connectivity index (χ4v) is 4.35. The second-order valence-electron chi connectivity index (χ2n) is 9.39. The van der Waals surface area contributed by atoms with Gasteiger partial charge in [-0.1, -0.05) is 36.4 Å². The van der Waals surface area contributed by atoms with E-state index in [-0.39, 0.29) is 30.2 Å². The molecule has 0 radical (unpaired) electrons. The molecule has 0 spiro atoms. The van der Waals surface area contributed by atoms with Crippen molar-refractivity contribution in [3.8, 4) is 16.9 Å². The van der Waals surface area contributed by atoms with Crippen molar-refractivity contribution in [3.05, 3.63) is 88.7 Å². The molecular weight excluding hydrogens is 552 g/mol. The van der Waals surface area contributed by atoms with E-state index in [0.717, 1.165) is 40.9 Å². The fourth-order valence-electron chi connectivity index (χ4n) is 4.35. The zero-order valence-electron chi connectivity index (χ0n) is 22.7. The molecule has 0 fully saturated rings. The van der Waals surface area contributed by atoms with Gasteiger partial charge < -0.3 is 25.0 Å². The Kier molecular flexibility index (Phi) is 11.5. The third-order valence-corrected chi connectivity index (χ3v) is 6.68. The van der Waals surface area contributed by atoms with Crippen LogP contribution in [0.1, 0.15) is 44.7 Å². The predicted octanol–water partition coefficient (Wildman–Crippen LogP) is 4.80. The van der Waals surface area contributed by atoms with Crippen molar-refractivity contribution in [2.24, 2.45) is 5.73 Å². The summed E-state index contributed by atoms with van der Waals surface area (Å²) < 4.78 is 31.8. The molecule has 2 amide bonds. The zero-order valence-corrected chi connectivity index (χ0v) is 23.5. The normalized spacial score (nSPS) is 12.8. The van der Waals surface area contributed by atoms with E-state index in [2.05, 4.69) is 0 Å². The smallest absolute Gasteiger partial charge is 0.255 e. The first-order valence-electron chi connectivity index (χ1n) is 12.8. The van der Waals surface area contributed by atoms with Crippen molar-refractivity contribution >= 4 is 36.7 Å². The lowest BCUT2D eigenvalue weighted by atomic mass is 9.96. The summed E-state index contributed by atoms with van der Waals surface area (Å²) in [6.07, 6.45) is 2.58. The lowest BCUT2D eigenvalue weighted by Crippen LogP contribution is -2.36. The number of rotatable bonds is 12. The molecule has 3 aromatic rings. The quantitative estimate of drug-likeness (QED) is 0.241. The Balaban J connectivity index is 0.000000850. The van der Waals surface area contributed by atoms with Crippen LogP contribution in [0.2, 0.25) is 0 Å². The van der Waals surface area contributed by atoms with Gasteiger partial charge in [0.25, 0.3) is 11.8 Å². The molecule has 0 bridgehead atoms. The number of nitrogens with zero attached hydrogens (tertiary/aromatic N) is 2. The number of ether oxygens (including phenoxy) is 1. The maximum atomic E-state index is 13.9. The summed E-state index contributed by atoms with van der Waals surface area (Å²) in [6.45, 7) is 0.625. The predicted molar refractivity (Wildman–Crippen MR) is 153 cm³/mol. The summed E-state index contributed by atoms with van der Waals surface area (Å²) in [4.78, 5) is 47.9. The van der Waals surface area contributed by atoms with E-state index >= 15 is 0 Å². The van der Waals surface area contributed by atoms with Crippen molar-refractivity contribution in [3.63, 3.8) is 0 Å². The molecule has 41 heavy (non-hydrogen) atoms. The van der Waals surface area contributed by atoms with Crippen LogP contribution in [-0.4, -0.2) is 60.3 Å². The van der Waals surface area contributed by atoms with Crippen LogP contribution < -0.4 is 10.5 Å². The van der Waals surface area contributed by atoms with Gasteiger partial charge in [0.05, 0.1) is 18.2 Å². The number of amides is 2. The molecule has 2 N–H and O–H groups in total. The summed E-state index contributed by atoms with van der Waals surface area (Å²) in [5, 5.41) is 0. The molecule has 0 aromatic heterocycles. The molecule has 3 aromatic carbocycles. The van der Waals surface area contributed by atoms with Crippen molar-refractivity contribution < 1.29 is 32.2 Å². The monoisotopic (exact) mass is 583 g/mol. The molecule has 1 unspecified atom stereocenters. The number of nitrogens with two attached hydrogens (primary N) is 1. The number of hydrogen-bond donors (Lipinski definition) is 1. The van der Waals surface area contributed by atoms with Crippen LogP contribution in [0.3, 0.4) is 0 Å². The highest BCUT2D eigenvalue weighted by atomic mass is 32.2. The van der Waals surface area contributed by atoms with E-state index in [0.29, 0.717) is 37.3 Å². The SMILES string of the molecule is CN(C)SF.NC(=O)c1ccc(OCCc2ccc(-c3cccc4c3CN(C(C=O)CCC=O)C4=O)cc2)cc1F. The number of carbonyl (C=O) groups excluding carboxylic acids is 4. The Morgan fingerprint density at radius 1 is 1.12 bits per heavy atom. The fraction of sp³-hybridized carbons (Fsp3) is 0.267. The van der Waals surface area contributed by atoms with Crippen LogP contribution in [-0.2, 0) is 22.6 Å².